The number of carbonyl (C=O) groups is 2. The van der Waals surface area contributed by atoms with Crippen LogP contribution in [-0.2, 0) is 32.6 Å². The average molecular weight is 602 g/mol. The highest BCUT2D eigenvalue weighted by Crippen LogP contribution is 2.26. The SMILES string of the molecule is Cc1cccc(N(CC(=O)N(Cc2ccccc2F)C(Cc2ccccc2)C(=O)NC(C)C)S(=O)(=O)c2ccccc2)c1. The Morgan fingerprint density at radius 3 is 2.09 bits per heavy atom. The molecule has 43 heavy (non-hydrogen) atoms. The van der Waals surface area contributed by atoms with E-state index in [1.807, 2.05) is 57.2 Å². The number of hydrogen-bond acceptors (Lipinski definition) is 4. The number of halogens is 1. The van der Waals surface area contributed by atoms with Gasteiger partial charge in [0.25, 0.3) is 10.0 Å². The normalized spacial score (nSPS) is 12.0. The topological polar surface area (TPSA) is 86.8 Å². The molecule has 0 aromatic heterocycles. The Labute approximate surface area is 253 Å². The molecule has 0 saturated carbocycles. The van der Waals surface area contributed by atoms with Gasteiger partial charge in [0, 0.05) is 24.6 Å². The van der Waals surface area contributed by atoms with Crippen LogP contribution in [0.4, 0.5) is 10.1 Å². The van der Waals surface area contributed by atoms with Crippen molar-refractivity contribution in [3.8, 4) is 0 Å². The maximum absolute atomic E-state index is 15.0. The van der Waals surface area contributed by atoms with Crippen LogP contribution in [0.25, 0.3) is 0 Å². The molecule has 4 aromatic rings. The van der Waals surface area contributed by atoms with Crippen molar-refractivity contribution < 1.29 is 22.4 Å². The van der Waals surface area contributed by atoms with Crippen molar-refractivity contribution in [2.45, 2.75) is 50.7 Å². The first-order valence-corrected chi connectivity index (χ1v) is 15.5. The summed E-state index contributed by atoms with van der Waals surface area (Å²) in [5.74, 6) is -1.60. The van der Waals surface area contributed by atoms with Gasteiger partial charge < -0.3 is 10.2 Å². The highest BCUT2D eigenvalue weighted by atomic mass is 32.2. The van der Waals surface area contributed by atoms with Crippen molar-refractivity contribution in [1.82, 2.24) is 10.2 Å². The fraction of sp³-hybridized carbons (Fsp3) is 0.235. The van der Waals surface area contributed by atoms with E-state index in [0.717, 1.165) is 15.4 Å². The summed E-state index contributed by atoms with van der Waals surface area (Å²) in [6.45, 7) is 4.62. The van der Waals surface area contributed by atoms with Crippen LogP contribution < -0.4 is 9.62 Å². The second-order valence-corrected chi connectivity index (χ2v) is 12.5. The van der Waals surface area contributed by atoms with E-state index in [2.05, 4.69) is 5.32 Å². The van der Waals surface area contributed by atoms with Gasteiger partial charge in [0.15, 0.2) is 0 Å². The van der Waals surface area contributed by atoms with E-state index in [1.165, 1.54) is 23.1 Å². The van der Waals surface area contributed by atoms with E-state index in [1.54, 1.807) is 54.6 Å². The third-order valence-corrected chi connectivity index (χ3v) is 8.69. The molecule has 0 spiro atoms. The van der Waals surface area contributed by atoms with Gasteiger partial charge in [-0.2, -0.15) is 0 Å². The number of aryl methyl sites for hydroxylation is 1. The molecule has 0 aliphatic heterocycles. The molecule has 0 heterocycles. The molecule has 0 aliphatic rings. The Kier molecular flexibility index (Phi) is 10.3. The first-order chi connectivity index (χ1) is 20.6. The van der Waals surface area contributed by atoms with E-state index in [0.29, 0.717) is 5.69 Å². The highest BCUT2D eigenvalue weighted by molar-refractivity contribution is 7.92. The van der Waals surface area contributed by atoms with Crippen LogP contribution in [0.2, 0.25) is 0 Å². The number of benzene rings is 4. The number of carbonyl (C=O) groups excluding carboxylic acids is 2. The van der Waals surface area contributed by atoms with Gasteiger partial charge in [-0.25, -0.2) is 12.8 Å². The molecule has 0 aliphatic carbocycles. The molecule has 0 saturated heterocycles. The second kappa shape index (κ2) is 14.1. The maximum atomic E-state index is 15.0. The van der Waals surface area contributed by atoms with E-state index < -0.39 is 40.2 Å². The van der Waals surface area contributed by atoms with Crippen LogP contribution >= 0.6 is 0 Å². The Bertz CT molecular complexity index is 1650. The molecular formula is C34H36FN3O4S. The molecule has 1 unspecified atom stereocenters. The van der Waals surface area contributed by atoms with Crippen LogP contribution in [0.1, 0.15) is 30.5 Å². The smallest absolute Gasteiger partial charge is 0.264 e. The lowest BCUT2D eigenvalue weighted by Gasteiger charge is -2.34. The lowest BCUT2D eigenvalue weighted by Crippen LogP contribution is -2.54. The summed E-state index contributed by atoms with van der Waals surface area (Å²) < 4.78 is 43.9. The minimum atomic E-state index is -4.19. The lowest BCUT2D eigenvalue weighted by atomic mass is 10.0. The monoisotopic (exact) mass is 601 g/mol. The predicted octanol–water partition coefficient (Wildman–Crippen LogP) is 5.49. The quantitative estimate of drug-likeness (QED) is 0.233. The van der Waals surface area contributed by atoms with Gasteiger partial charge in [0.05, 0.1) is 10.6 Å². The predicted molar refractivity (Wildman–Crippen MR) is 166 cm³/mol. The molecule has 0 radical (unpaired) electrons. The number of rotatable bonds is 12. The van der Waals surface area contributed by atoms with Crippen LogP contribution in [0, 0.1) is 12.7 Å². The van der Waals surface area contributed by atoms with E-state index in [4.69, 9.17) is 0 Å². The first kappa shape index (κ1) is 31.4. The van der Waals surface area contributed by atoms with Crippen molar-refractivity contribution in [1.29, 1.82) is 0 Å². The standard InChI is InChI=1S/C34H36FN3O4S/c1-25(2)36-34(40)32(22-27-14-6-4-7-15-27)37(23-28-16-10-11-20-31(28)35)33(39)24-38(29-17-12-13-26(3)21-29)43(41,42)30-18-8-5-9-19-30/h4-21,25,32H,22-24H2,1-3H3,(H,36,40). The third kappa shape index (κ3) is 8.08. The van der Waals surface area contributed by atoms with Crippen molar-refractivity contribution >= 4 is 27.5 Å². The number of hydrogen-bond donors (Lipinski definition) is 1. The number of sulfonamides is 1. The van der Waals surface area contributed by atoms with E-state index in [9.17, 15) is 22.4 Å². The molecule has 1 N–H and O–H groups in total. The van der Waals surface area contributed by atoms with Gasteiger partial charge in [-0.05, 0) is 62.2 Å². The van der Waals surface area contributed by atoms with Gasteiger partial charge in [0.2, 0.25) is 11.8 Å². The molecule has 7 nitrogen and oxygen atoms in total. The number of amides is 2. The van der Waals surface area contributed by atoms with Crippen molar-refractivity contribution in [2.75, 3.05) is 10.8 Å². The zero-order chi connectivity index (χ0) is 31.0. The molecule has 9 heteroatoms. The highest BCUT2D eigenvalue weighted by Gasteiger charge is 2.35. The fourth-order valence-corrected chi connectivity index (χ4v) is 6.20. The van der Waals surface area contributed by atoms with Gasteiger partial charge in [0.1, 0.15) is 18.4 Å². The molecule has 224 valence electrons. The first-order valence-electron chi connectivity index (χ1n) is 14.1. The summed E-state index contributed by atoms with van der Waals surface area (Å²) in [5, 5.41) is 2.89. The summed E-state index contributed by atoms with van der Waals surface area (Å²) in [7, 11) is -4.19. The summed E-state index contributed by atoms with van der Waals surface area (Å²) in [6.07, 6.45) is 0.148. The van der Waals surface area contributed by atoms with E-state index >= 15 is 0 Å². The van der Waals surface area contributed by atoms with E-state index in [-0.39, 0.29) is 29.5 Å². The molecule has 4 aromatic carbocycles. The van der Waals surface area contributed by atoms with Crippen molar-refractivity contribution in [3.05, 3.63) is 132 Å². The molecule has 0 fully saturated rings. The Balaban J connectivity index is 1.81. The largest absolute Gasteiger partial charge is 0.352 e. The van der Waals surface area contributed by atoms with Crippen LogP contribution in [0.5, 0.6) is 0 Å². The van der Waals surface area contributed by atoms with Gasteiger partial charge in [-0.15, -0.1) is 0 Å². The summed E-state index contributed by atoms with van der Waals surface area (Å²) in [4.78, 5) is 29.3. The molecule has 1 atom stereocenters. The van der Waals surface area contributed by atoms with Crippen molar-refractivity contribution in [3.63, 3.8) is 0 Å². The zero-order valence-electron chi connectivity index (χ0n) is 24.5. The molecule has 2 amide bonds. The number of anilines is 1. The average Bonchev–Trinajstić information content (AvgIpc) is 2.99. The van der Waals surface area contributed by atoms with Gasteiger partial charge in [-0.1, -0.05) is 78.9 Å². The fourth-order valence-electron chi connectivity index (χ4n) is 4.78. The Hall–Kier alpha value is -4.50. The molecule has 4 rings (SSSR count). The number of nitrogens with one attached hydrogen (secondary N) is 1. The van der Waals surface area contributed by atoms with Gasteiger partial charge in [-0.3, -0.25) is 13.9 Å². The Morgan fingerprint density at radius 2 is 1.47 bits per heavy atom. The van der Waals surface area contributed by atoms with Crippen LogP contribution in [0.3, 0.4) is 0 Å². The lowest BCUT2D eigenvalue weighted by molar-refractivity contribution is -0.140. The Morgan fingerprint density at radius 1 is 0.837 bits per heavy atom. The minimum absolute atomic E-state index is 0.0170. The number of nitrogens with zero attached hydrogens (tertiary/aromatic N) is 2. The zero-order valence-corrected chi connectivity index (χ0v) is 25.3. The summed E-state index contributed by atoms with van der Waals surface area (Å²) >= 11 is 0. The minimum Gasteiger partial charge on any atom is -0.352 e. The van der Waals surface area contributed by atoms with Crippen LogP contribution in [-0.4, -0.2) is 43.8 Å². The second-order valence-electron chi connectivity index (χ2n) is 10.6. The maximum Gasteiger partial charge on any atom is 0.264 e. The van der Waals surface area contributed by atoms with Crippen molar-refractivity contribution in [2.24, 2.45) is 0 Å². The molecule has 0 bridgehead atoms. The molecular weight excluding hydrogens is 565 g/mol. The summed E-state index contributed by atoms with van der Waals surface area (Å²) in [6, 6.07) is 28.7. The third-order valence-electron chi connectivity index (χ3n) is 6.90. The van der Waals surface area contributed by atoms with Gasteiger partial charge >= 0.3 is 0 Å². The summed E-state index contributed by atoms with van der Waals surface area (Å²) in [5.41, 5.74) is 2.11. The van der Waals surface area contributed by atoms with Crippen LogP contribution in [0.15, 0.2) is 114 Å².